The fraction of sp³-hybridized carbons (Fsp3) is 0.150. The van der Waals surface area contributed by atoms with E-state index in [0.29, 0.717) is 23.0 Å². The standard InChI is InChI=1S/C20H17N7O3/c1-11-4-3-5-14(12(11)2)22-17-18(24-20-19(23-17)26-30-27-20)25-21-9-13-6-7-15-16(8-13)29-10-28-15/h3-9H,10H2,1-2H3,(H,22,23,26)(H,24,25,27)/b21-9+. The van der Waals surface area contributed by atoms with Gasteiger partial charge in [0.25, 0.3) is 0 Å². The summed E-state index contributed by atoms with van der Waals surface area (Å²) in [6.45, 7) is 4.31. The zero-order chi connectivity index (χ0) is 20.5. The minimum atomic E-state index is 0.225. The van der Waals surface area contributed by atoms with E-state index >= 15 is 0 Å². The highest BCUT2D eigenvalue weighted by Gasteiger charge is 2.15. The van der Waals surface area contributed by atoms with Crippen molar-refractivity contribution in [3.63, 3.8) is 0 Å². The maximum atomic E-state index is 5.39. The number of hydrogen-bond acceptors (Lipinski definition) is 10. The van der Waals surface area contributed by atoms with Crippen LogP contribution in [0.25, 0.3) is 11.3 Å². The number of hydrogen-bond donors (Lipinski definition) is 2. The van der Waals surface area contributed by atoms with E-state index < -0.39 is 0 Å². The van der Waals surface area contributed by atoms with E-state index in [-0.39, 0.29) is 12.4 Å². The van der Waals surface area contributed by atoms with Crippen LogP contribution < -0.4 is 20.2 Å². The molecule has 1 aliphatic heterocycles. The molecule has 0 radical (unpaired) electrons. The van der Waals surface area contributed by atoms with Crippen LogP contribution in [0, 0.1) is 13.8 Å². The van der Waals surface area contributed by atoms with Gasteiger partial charge in [0.1, 0.15) is 0 Å². The van der Waals surface area contributed by atoms with Crippen LogP contribution in [0.3, 0.4) is 0 Å². The maximum Gasteiger partial charge on any atom is 0.245 e. The van der Waals surface area contributed by atoms with Crippen molar-refractivity contribution >= 4 is 34.8 Å². The summed E-state index contributed by atoms with van der Waals surface area (Å²) in [5.41, 5.74) is 7.51. The maximum absolute atomic E-state index is 5.39. The van der Waals surface area contributed by atoms with Gasteiger partial charge in [0.05, 0.1) is 6.21 Å². The summed E-state index contributed by atoms with van der Waals surface area (Å²) >= 11 is 0. The first-order valence-electron chi connectivity index (χ1n) is 9.19. The summed E-state index contributed by atoms with van der Waals surface area (Å²) in [5, 5.41) is 15.1. The van der Waals surface area contributed by atoms with Gasteiger partial charge in [-0.1, -0.05) is 12.1 Å². The summed E-state index contributed by atoms with van der Waals surface area (Å²) in [5.74, 6) is 2.24. The quantitative estimate of drug-likeness (QED) is 0.381. The highest BCUT2D eigenvalue weighted by molar-refractivity contribution is 5.83. The molecule has 0 atom stereocenters. The van der Waals surface area contributed by atoms with E-state index in [9.17, 15) is 0 Å². The summed E-state index contributed by atoms with van der Waals surface area (Å²) in [7, 11) is 0. The highest BCUT2D eigenvalue weighted by Crippen LogP contribution is 2.32. The molecule has 30 heavy (non-hydrogen) atoms. The molecule has 5 rings (SSSR count). The molecule has 2 aromatic carbocycles. The average Bonchev–Trinajstić information content (AvgIpc) is 3.40. The second-order valence-corrected chi connectivity index (χ2v) is 6.69. The lowest BCUT2D eigenvalue weighted by atomic mass is 10.1. The summed E-state index contributed by atoms with van der Waals surface area (Å²) in [6, 6.07) is 11.5. The van der Waals surface area contributed by atoms with Crippen LogP contribution in [0.1, 0.15) is 16.7 Å². The van der Waals surface area contributed by atoms with Gasteiger partial charge in [-0.05, 0) is 65.1 Å². The Labute approximate surface area is 170 Å². The molecule has 0 amide bonds. The third kappa shape index (κ3) is 3.34. The van der Waals surface area contributed by atoms with Gasteiger partial charge in [-0.15, -0.1) is 0 Å². The van der Waals surface area contributed by atoms with Crippen molar-refractivity contribution < 1.29 is 14.1 Å². The van der Waals surface area contributed by atoms with Crippen LogP contribution in [0.15, 0.2) is 46.1 Å². The van der Waals surface area contributed by atoms with Gasteiger partial charge in [0, 0.05) is 5.69 Å². The molecule has 150 valence electrons. The molecule has 0 unspecified atom stereocenters. The Morgan fingerprint density at radius 2 is 1.77 bits per heavy atom. The zero-order valence-electron chi connectivity index (χ0n) is 16.2. The van der Waals surface area contributed by atoms with Crippen molar-refractivity contribution in [3.05, 3.63) is 53.1 Å². The molecule has 3 heterocycles. The molecule has 2 N–H and O–H groups in total. The van der Waals surface area contributed by atoms with E-state index in [1.165, 1.54) is 0 Å². The Hall–Kier alpha value is -4.21. The van der Waals surface area contributed by atoms with E-state index in [1.54, 1.807) is 6.21 Å². The van der Waals surface area contributed by atoms with Crippen molar-refractivity contribution in [2.75, 3.05) is 17.5 Å². The van der Waals surface area contributed by atoms with Gasteiger partial charge >= 0.3 is 0 Å². The Bertz CT molecular complexity index is 1270. The van der Waals surface area contributed by atoms with Crippen LogP contribution in [0.4, 0.5) is 17.3 Å². The van der Waals surface area contributed by atoms with Crippen LogP contribution in [0.2, 0.25) is 0 Å². The van der Waals surface area contributed by atoms with Crippen LogP contribution in [0.5, 0.6) is 11.5 Å². The fourth-order valence-corrected chi connectivity index (χ4v) is 2.98. The molecule has 0 fully saturated rings. The van der Waals surface area contributed by atoms with E-state index in [4.69, 9.17) is 14.1 Å². The molecule has 0 saturated carbocycles. The van der Waals surface area contributed by atoms with Crippen LogP contribution in [-0.2, 0) is 0 Å². The number of nitrogens with one attached hydrogen (secondary N) is 2. The molecule has 0 aliphatic carbocycles. The van der Waals surface area contributed by atoms with Gasteiger partial charge in [-0.2, -0.15) is 10.1 Å². The Morgan fingerprint density at radius 1 is 0.967 bits per heavy atom. The number of hydrazone groups is 1. The topological polar surface area (TPSA) is 120 Å². The largest absolute Gasteiger partial charge is 0.454 e. The van der Waals surface area contributed by atoms with Gasteiger partial charge in [-0.25, -0.2) is 9.61 Å². The smallest absolute Gasteiger partial charge is 0.245 e. The van der Waals surface area contributed by atoms with Crippen molar-refractivity contribution in [3.8, 4) is 11.5 Å². The van der Waals surface area contributed by atoms with Gasteiger partial charge in [0.2, 0.25) is 18.1 Å². The van der Waals surface area contributed by atoms with E-state index in [0.717, 1.165) is 28.1 Å². The highest BCUT2D eigenvalue weighted by atomic mass is 16.7. The number of rotatable bonds is 5. The fourth-order valence-electron chi connectivity index (χ4n) is 2.98. The van der Waals surface area contributed by atoms with Crippen molar-refractivity contribution in [2.24, 2.45) is 5.10 Å². The second-order valence-electron chi connectivity index (χ2n) is 6.69. The van der Waals surface area contributed by atoms with Crippen molar-refractivity contribution in [1.82, 2.24) is 20.3 Å². The zero-order valence-corrected chi connectivity index (χ0v) is 16.2. The first-order chi connectivity index (χ1) is 14.7. The number of benzene rings is 2. The summed E-state index contributed by atoms with van der Waals surface area (Å²) < 4.78 is 15.4. The molecular formula is C20H17N7O3. The minimum Gasteiger partial charge on any atom is -0.454 e. The molecular weight excluding hydrogens is 386 g/mol. The Balaban J connectivity index is 1.44. The third-order valence-electron chi connectivity index (χ3n) is 4.75. The Kier molecular flexibility index (Phi) is 4.36. The normalized spacial score (nSPS) is 12.6. The number of nitrogens with zero attached hydrogens (tertiary/aromatic N) is 5. The van der Waals surface area contributed by atoms with Gasteiger partial charge in [0.15, 0.2) is 23.1 Å². The van der Waals surface area contributed by atoms with Crippen molar-refractivity contribution in [1.29, 1.82) is 0 Å². The minimum absolute atomic E-state index is 0.225. The van der Waals surface area contributed by atoms with E-state index in [1.807, 2.05) is 50.2 Å². The van der Waals surface area contributed by atoms with Gasteiger partial charge < -0.3 is 14.8 Å². The number of fused-ring (bicyclic) bond motifs is 2. The Morgan fingerprint density at radius 3 is 2.63 bits per heavy atom. The van der Waals surface area contributed by atoms with E-state index in [2.05, 4.69) is 36.1 Å². The number of aromatic nitrogens is 4. The molecule has 0 spiro atoms. The third-order valence-corrected chi connectivity index (χ3v) is 4.75. The predicted molar refractivity (Wildman–Crippen MR) is 110 cm³/mol. The molecule has 10 heteroatoms. The monoisotopic (exact) mass is 403 g/mol. The number of ether oxygens (including phenoxy) is 2. The van der Waals surface area contributed by atoms with Gasteiger partial charge in [-0.3, -0.25) is 5.43 Å². The first-order valence-corrected chi connectivity index (χ1v) is 9.19. The second kappa shape index (κ2) is 7.32. The SMILES string of the molecule is Cc1cccc(Nc2nc3nonc3nc2N/N=C/c2ccc3c(c2)OCO3)c1C. The molecule has 4 aromatic rings. The first kappa shape index (κ1) is 17.9. The van der Waals surface area contributed by atoms with Crippen LogP contribution >= 0.6 is 0 Å². The molecule has 10 nitrogen and oxygen atoms in total. The lowest BCUT2D eigenvalue weighted by molar-refractivity contribution is 0.174. The van der Waals surface area contributed by atoms with Crippen LogP contribution in [-0.4, -0.2) is 33.3 Å². The number of anilines is 3. The van der Waals surface area contributed by atoms with Crippen molar-refractivity contribution in [2.45, 2.75) is 13.8 Å². The number of aryl methyl sites for hydroxylation is 1. The predicted octanol–water partition coefficient (Wildman–Crippen LogP) is 3.55. The summed E-state index contributed by atoms with van der Waals surface area (Å²) in [4.78, 5) is 8.87. The molecule has 2 aromatic heterocycles. The summed E-state index contributed by atoms with van der Waals surface area (Å²) in [6.07, 6.45) is 1.65. The lowest BCUT2D eigenvalue weighted by Crippen LogP contribution is -2.04. The molecule has 0 bridgehead atoms. The molecule has 1 aliphatic rings. The average molecular weight is 403 g/mol. The molecule has 0 saturated heterocycles. The lowest BCUT2D eigenvalue weighted by Gasteiger charge is -2.12.